The van der Waals surface area contributed by atoms with E-state index < -0.39 is 5.60 Å². The summed E-state index contributed by atoms with van der Waals surface area (Å²) in [6.45, 7) is 10.4. The molecule has 35 heavy (non-hydrogen) atoms. The zero-order valence-electron chi connectivity index (χ0n) is 21.0. The molecule has 2 aromatic rings. The molecule has 184 valence electrons. The van der Waals surface area contributed by atoms with Crippen LogP contribution in [0.2, 0.25) is 0 Å². The summed E-state index contributed by atoms with van der Waals surface area (Å²) in [5.74, 6) is 0.330. The molecule has 2 N–H and O–H groups in total. The Hall–Kier alpha value is -3.19. The van der Waals surface area contributed by atoms with Gasteiger partial charge in [0.05, 0.1) is 22.5 Å². The molecule has 0 aliphatic carbocycles. The molecule has 2 aliphatic heterocycles. The Kier molecular flexibility index (Phi) is 7.26. The molecule has 7 heteroatoms. The number of allylic oxidation sites excluding steroid dienone is 1. The normalized spacial score (nSPS) is 18.0. The lowest BCUT2D eigenvalue weighted by Gasteiger charge is -2.33. The van der Waals surface area contributed by atoms with E-state index in [1.807, 2.05) is 48.5 Å². The standard InChI is InChI=1S/C28H33N3O3S/c1-6-14-31(15-7-2)24-17-22(34-28(24,3)4)25-19-13-12-18(16-21(19)30-27(25)33)35-23-11-9-8-10-20(23)26(32)29-5/h8-13,16-17H,6-7,14-15H2,1-5H3,(H,29,32)(H,30,33)/b25-22+. The predicted octanol–water partition coefficient (Wildman–Crippen LogP) is 5.68. The van der Waals surface area contributed by atoms with E-state index in [0.29, 0.717) is 16.9 Å². The fraction of sp³-hybridized carbons (Fsp3) is 0.357. The highest BCUT2D eigenvalue weighted by Gasteiger charge is 2.39. The van der Waals surface area contributed by atoms with Gasteiger partial charge in [0.1, 0.15) is 11.4 Å². The van der Waals surface area contributed by atoms with Crippen LogP contribution in [0.25, 0.3) is 5.57 Å². The van der Waals surface area contributed by atoms with Crippen molar-refractivity contribution >= 4 is 34.8 Å². The summed E-state index contributed by atoms with van der Waals surface area (Å²) in [5, 5.41) is 5.70. The molecule has 0 unspecified atom stereocenters. The van der Waals surface area contributed by atoms with E-state index in [2.05, 4.69) is 43.2 Å². The molecule has 6 nitrogen and oxygen atoms in total. The number of benzene rings is 2. The summed E-state index contributed by atoms with van der Waals surface area (Å²) in [6, 6.07) is 13.4. The fourth-order valence-electron chi connectivity index (χ4n) is 4.61. The quantitative estimate of drug-likeness (QED) is 0.465. The average Bonchev–Trinajstić information content (AvgIpc) is 3.32. The summed E-state index contributed by atoms with van der Waals surface area (Å²) >= 11 is 1.50. The van der Waals surface area contributed by atoms with E-state index in [1.165, 1.54) is 11.8 Å². The zero-order chi connectivity index (χ0) is 25.2. The molecule has 2 aromatic carbocycles. The monoisotopic (exact) mass is 491 g/mol. The third-order valence-electron chi connectivity index (χ3n) is 6.15. The molecule has 0 spiro atoms. The number of amides is 2. The van der Waals surface area contributed by atoms with Gasteiger partial charge in [0.25, 0.3) is 11.8 Å². The Balaban J connectivity index is 1.68. The van der Waals surface area contributed by atoms with E-state index in [-0.39, 0.29) is 11.8 Å². The van der Waals surface area contributed by atoms with E-state index in [0.717, 1.165) is 52.7 Å². The molecular formula is C28H33N3O3S. The molecule has 0 radical (unpaired) electrons. The highest BCUT2D eigenvalue weighted by atomic mass is 32.2. The molecule has 0 atom stereocenters. The van der Waals surface area contributed by atoms with Crippen LogP contribution in [0, 0.1) is 0 Å². The van der Waals surface area contributed by atoms with Crippen LogP contribution in [0.15, 0.2) is 69.8 Å². The van der Waals surface area contributed by atoms with Gasteiger partial charge in [-0.15, -0.1) is 0 Å². The van der Waals surface area contributed by atoms with Gasteiger partial charge in [-0.25, -0.2) is 0 Å². The number of nitrogens with zero attached hydrogens (tertiary/aromatic N) is 1. The van der Waals surface area contributed by atoms with Crippen molar-refractivity contribution in [2.45, 2.75) is 55.9 Å². The van der Waals surface area contributed by atoms with Crippen LogP contribution in [-0.4, -0.2) is 42.5 Å². The number of hydrogen-bond donors (Lipinski definition) is 2. The Morgan fingerprint density at radius 1 is 1.11 bits per heavy atom. The minimum absolute atomic E-state index is 0.127. The summed E-state index contributed by atoms with van der Waals surface area (Å²) < 4.78 is 6.36. The van der Waals surface area contributed by atoms with Crippen LogP contribution in [0.3, 0.4) is 0 Å². The maximum atomic E-state index is 13.1. The minimum Gasteiger partial charge on any atom is -0.481 e. The van der Waals surface area contributed by atoms with Crippen LogP contribution in [-0.2, 0) is 9.53 Å². The average molecular weight is 492 g/mol. The first-order valence-corrected chi connectivity index (χ1v) is 13.0. The Morgan fingerprint density at radius 3 is 2.51 bits per heavy atom. The highest BCUT2D eigenvalue weighted by Crippen LogP contribution is 2.43. The SMILES string of the molecule is CCCN(CCC)C1=C/C(=C2\C(=O)Nc3cc(Sc4ccccc4C(=O)NC)ccc32)OC1(C)C. The third-order valence-corrected chi connectivity index (χ3v) is 7.21. The van der Waals surface area contributed by atoms with E-state index in [1.54, 1.807) is 7.05 Å². The highest BCUT2D eigenvalue weighted by molar-refractivity contribution is 7.99. The molecule has 2 heterocycles. The van der Waals surface area contributed by atoms with Gasteiger partial charge in [-0.2, -0.15) is 0 Å². The van der Waals surface area contributed by atoms with Gasteiger partial charge in [0.15, 0.2) is 0 Å². The van der Waals surface area contributed by atoms with Crippen molar-refractivity contribution in [3.63, 3.8) is 0 Å². The number of hydrogen-bond acceptors (Lipinski definition) is 5. The molecule has 0 saturated heterocycles. The van der Waals surface area contributed by atoms with E-state index in [9.17, 15) is 9.59 Å². The zero-order valence-corrected chi connectivity index (χ0v) is 21.8. The first-order chi connectivity index (χ1) is 16.8. The Morgan fingerprint density at radius 2 is 1.83 bits per heavy atom. The maximum Gasteiger partial charge on any atom is 0.260 e. The van der Waals surface area contributed by atoms with Crippen LogP contribution in [0.1, 0.15) is 56.5 Å². The number of rotatable bonds is 8. The van der Waals surface area contributed by atoms with Crippen LogP contribution in [0.5, 0.6) is 0 Å². The second-order valence-corrected chi connectivity index (χ2v) is 10.3. The molecule has 2 aliphatic rings. The van der Waals surface area contributed by atoms with Gasteiger partial charge in [-0.1, -0.05) is 43.8 Å². The minimum atomic E-state index is -0.505. The lowest BCUT2D eigenvalue weighted by atomic mass is 10.0. The van der Waals surface area contributed by atoms with Crippen LogP contribution in [0.4, 0.5) is 5.69 Å². The smallest absolute Gasteiger partial charge is 0.260 e. The van der Waals surface area contributed by atoms with Gasteiger partial charge in [0, 0.05) is 41.6 Å². The number of ether oxygens (including phenoxy) is 1. The third kappa shape index (κ3) is 4.96. The lowest BCUT2D eigenvalue weighted by Crippen LogP contribution is -2.35. The molecule has 4 rings (SSSR count). The van der Waals surface area contributed by atoms with Gasteiger partial charge in [-0.3, -0.25) is 9.59 Å². The molecule has 0 saturated carbocycles. The molecule has 2 amide bonds. The van der Waals surface area contributed by atoms with E-state index in [4.69, 9.17) is 4.74 Å². The first kappa shape index (κ1) is 24.9. The van der Waals surface area contributed by atoms with Crippen LogP contribution >= 0.6 is 11.8 Å². The summed E-state index contributed by atoms with van der Waals surface area (Å²) in [4.78, 5) is 29.5. The second-order valence-electron chi connectivity index (χ2n) is 9.21. The second kappa shape index (κ2) is 10.2. The van der Waals surface area contributed by atoms with Crippen molar-refractivity contribution in [1.82, 2.24) is 10.2 Å². The van der Waals surface area contributed by atoms with Crippen molar-refractivity contribution in [3.05, 3.63) is 71.1 Å². The van der Waals surface area contributed by atoms with Crippen molar-refractivity contribution in [2.24, 2.45) is 0 Å². The van der Waals surface area contributed by atoms with Gasteiger partial charge >= 0.3 is 0 Å². The van der Waals surface area contributed by atoms with Crippen molar-refractivity contribution in [3.8, 4) is 0 Å². The number of fused-ring (bicyclic) bond motifs is 1. The fourth-order valence-corrected chi connectivity index (χ4v) is 5.59. The van der Waals surface area contributed by atoms with Crippen LogP contribution < -0.4 is 10.6 Å². The van der Waals surface area contributed by atoms with Crippen molar-refractivity contribution in [2.75, 3.05) is 25.5 Å². The number of anilines is 1. The predicted molar refractivity (Wildman–Crippen MR) is 141 cm³/mol. The number of nitrogens with one attached hydrogen (secondary N) is 2. The van der Waals surface area contributed by atoms with E-state index >= 15 is 0 Å². The lowest BCUT2D eigenvalue weighted by molar-refractivity contribution is -0.111. The van der Waals surface area contributed by atoms with Gasteiger partial charge < -0.3 is 20.3 Å². The molecule has 0 fully saturated rings. The molecule has 0 aromatic heterocycles. The summed E-state index contributed by atoms with van der Waals surface area (Å²) in [7, 11) is 1.62. The van der Waals surface area contributed by atoms with Gasteiger partial charge in [0.2, 0.25) is 0 Å². The Bertz CT molecular complexity index is 1210. The largest absolute Gasteiger partial charge is 0.481 e. The van der Waals surface area contributed by atoms with Gasteiger partial charge in [-0.05, 0) is 51.0 Å². The first-order valence-electron chi connectivity index (χ1n) is 12.1. The van der Waals surface area contributed by atoms with Crippen molar-refractivity contribution in [1.29, 1.82) is 0 Å². The Labute approximate surface area is 211 Å². The molecular weight excluding hydrogens is 458 g/mol. The molecule has 0 bridgehead atoms. The maximum absolute atomic E-state index is 13.1. The number of carbonyl (C=O) groups is 2. The number of carbonyl (C=O) groups excluding carboxylic acids is 2. The van der Waals surface area contributed by atoms with Crippen molar-refractivity contribution < 1.29 is 14.3 Å². The topological polar surface area (TPSA) is 70.7 Å². The summed E-state index contributed by atoms with van der Waals surface area (Å²) in [6.07, 6.45) is 4.13. The summed E-state index contributed by atoms with van der Waals surface area (Å²) in [5.41, 5.74) is 3.38.